The van der Waals surface area contributed by atoms with Crippen molar-refractivity contribution in [1.29, 1.82) is 0 Å². The van der Waals surface area contributed by atoms with Crippen molar-refractivity contribution in [3.8, 4) is 0 Å². The van der Waals surface area contributed by atoms with E-state index < -0.39 is 0 Å². The van der Waals surface area contributed by atoms with E-state index in [1.807, 2.05) is 18.8 Å². The fraction of sp³-hybridized carbons (Fsp3) is 0.727. The predicted molar refractivity (Wildman–Crippen MR) is 63.6 cm³/mol. The SMILES string of the molecule is CNC(c1c(Cl)cnn1C)C1(OC)CCC1. The van der Waals surface area contributed by atoms with Crippen LogP contribution in [0.3, 0.4) is 0 Å². The van der Waals surface area contributed by atoms with E-state index in [1.54, 1.807) is 13.3 Å². The minimum Gasteiger partial charge on any atom is -0.376 e. The number of methoxy groups -OCH3 is 1. The van der Waals surface area contributed by atoms with E-state index in [-0.39, 0.29) is 11.6 Å². The number of halogens is 1. The van der Waals surface area contributed by atoms with Gasteiger partial charge in [0.15, 0.2) is 0 Å². The van der Waals surface area contributed by atoms with E-state index in [0.29, 0.717) is 5.02 Å². The van der Waals surface area contributed by atoms with Crippen LogP contribution in [0.2, 0.25) is 5.02 Å². The molecule has 0 amide bonds. The Morgan fingerprint density at radius 1 is 1.62 bits per heavy atom. The first-order valence-electron chi connectivity index (χ1n) is 5.54. The summed E-state index contributed by atoms with van der Waals surface area (Å²) >= 11 is 6.18. The number of nitrogens with zero attached hydrogens (tertiary/aromatic N) is 2. The van der Waals surface area contributed by atoms with Crippen LogP contribution in [0.25, 0.3) is 0 Å². The number of ether oxygens (including phenoxy) is 1. The fourth-order valence-electron chi connectivity index (χ4n) is 2.53. The van der Waals surface area contributed by atoms with Crippen molar-refractivity contribution in [3.63, 3.8) is 0 Å². The van der Waals surface area contributed by atoms with E-state index in [9.17, 15) is 0 Å². The van der Waals surface area contributed by atoms with Gasteiger partial charge in [0, 0.05) is 14.2 Å². The molecule has 0 spiro atoms. The maximum absolute atomic E-state index is 6.18. The van der Waals surface area contributed by atoms with Gasteiger partial charge >= 0.3 is 0 Å². The van der Waals surface area contributed by atoms with Crippen molar-refractivity contribution >= 4 is 11.6 Å². The van der Waals surface area contributed by atoms with Gasteiger partial charge in [0.2, 0.25) is 0 Å². The normalized spacial score (nSPS) is 20.5. The molecule has 16 heavy (non-hydrogen) atoms. The first-order chi connectivity index (χ1) is 7.64. The number of rotatable bonds is 4. The highest BCUT2D eigenvalue weighted by Crippen LogP contribution is 2.45. The zero-order chi connectivity index (χ0) is 11.8. The van der Waals surface area contributed by atoms with Crippen LogP contribution in [-0.4, -0.2) is 29.5 Å². The lowest BCUT2D eigenvalue weighted by molar-refractivity contribution is -0.0998. The first kappa shape index (κ1) is 11.9. The molecule has 1 aliphatic rings. The topological polar surface area (TPSA) is 39.1 Å². The molecule has 1 atom stereocenters. The largest absolute Gasteiger partial charge is 0.376 e. The van der Waals surface area contributed by atoms with Crippen molar-refractivity contribution in [1.82, 2.24) is 15.1 Å². The Kier molecular flexibility index (Phi) is 3.24. The monoisotopic (exact) mass is 243 g/mol. The molecule has 5 heteroatoms. The molecule has 1 N–H and O–H groups in total. The van der Waals surface area contributed by atoms with Crippen LogP contribution < -0.4 is 5.32 Å². The number of aryl methyl sites for hydroxylation is 1. The Morgan fingerprint density at radius 3 is 2.62 bits per heavy atom. The van der Waals surface area contributed by atoms with Gasteiger partial charge in [-0.25, -0.2) is 0 Å². The number of hydrogen-bond acceptors (Lipinski definition) is 3. The maximum Gasteiger partial charge on any atom is 0.0888 e. The second-order valence-electron chi connectivity index (χ2n) is 4.35. The molecule has 2 rings (SSSR count). The summed E-state index contributed by atoms with van der Waals surface area (Å²) in [5, 5.41) is 8.19. The molecule has 90 valence electrons. The number of nitrogens with one attached hydrogen (secondary N) is 1. The van der Waals surface area contributed by atoms with Crippen LogP contribution in [-0.2, 0) is 11.8 Å². The highest BCUT2D eigenvalue weighted by molar-refractivity contribution is 6.31. The van der Waals surface area contributed by atoms with Crippen LogP contribution in [0.15, 0.2) is 6.20 Å². The van der Waals surface area contributed by atoms with E-state index >= 15 is 0 Å². The van der Waals surface area contributed by atoms with Gasteiger partial charge in [-0.1, -0.05) is 11.6 Å². The van der Waals surface area contributed by atoms with Crippen molar-refractivity contribution in [2.45, 2.75) is 30.9 Å². The van der Waals surface area contributed by atoms with Crippen molar-refractivity contribution in [3.05, 3.63) is 16.9 Å². The highest BCUT2D eigenvalue weighted by Gasteiger charge is 2.46. The van der Waals surface area contributed by atoms with Crippen LogP contribution in [0, 0.1) is 0 Å². The Balaban J connectivity index is 2.36. The molecule has 1 aromatic heterocycles. The van der Waals surface area contributed by atoms with Gasteiger partial charge in [0.1, 0.15) is 0 Å². The maximum atomic E-state index is 6.18. The molecular weight excluding hydrogens is 226 g/mol. The Bertz CT molecular complexity index is 348. The Labute approximate surface area is 101 Å². The van der Waals surface area contributed by atoms with Crippen molar-refractivity contribution in [2.75, 3.05) is 14.2 Å². The summed E-state index contributed by atoms with van der Waals surface area (Å²) in [5.41, 5.74) is 0.886. The van der Waals surface area contributed by atoms with Gasteiger partial charge in [-0.2, -0.15) is 5.10 Å². The standard InChI is InChI=1S/C11H18ClN3O/c1-13-10(11(16-3)5-4-6-11)9-8(12)7-14-15(9)2/h7,10,13H,4-6H2,1-3H3. The van der Waals surface area contributed by atoms with Crippen LogP contribution in [0.4, 0.5) is 0 Å². The van der Waals surface area contributed by atoms with Crippen LogP contribution >= 0.6 is 11.6 Å². The lowest BCUT2D eigenvalue weighted by Gasteiger charge is -2.46. The minimum absolute atomic E-state index is 0.103. The summed E-state index contributed by atoms with van der Waals surface area (Å²) in [6.45, 7) is 0. The second kappa shape index (κ2) is 4.35. The molecule has 1 aliphatic carbocycles. The summed E-state index contributed by atoms with van der Waals surface area (Å²) < 4.78 is 7.52. The number of hydrogen-bond donors (Lipinski definition) is 1. The van der Waals surface area contributed by atoms with Gasteiger partial charge < -0.3 is 10.1 Å². The number of likely N-dealkylation sites (N-methyl/N-ethyl adjacent to an activating group) is 1. The molecule has 1 fully saturated rings. The lowest BCUT2D eigenvalue weighted by atomic mass is 9.73. The molecule has 1 heterocycles. The molecule has 0 aliphatic heterocycles. The van der Waals surface area contributed by atoms with Crippen LogP contribution in [0.5, 0.6) is 0 Å². The first-order valence-corrected chi connectivity index (χ1v) is 5.92. The van der Waals surface area contributed by atoms with E-state index in [0.717, 1.165) is 18.5 Å². The summed E-state index contributed by atoms with van der Waals surface area (Å²) in [4.78, 5) is 0. The van der Waals surface area contributed by atoms with Gasteiger partial charge in [-0.05, 0) is 26.3 Å². The van der Waals surface area contributed by atoms with Crippen LogP contribution in [0.1, 0.15) is 31.0 Å². The Morgan fingerprint density at radius 2 is 2.31 bits per heavy atom. The fourth-order valence-corrected chi connectivity index (χ4v) is 2.80. The molecule has 0 saturated heterocycles. The average molecular weight is 244 g/mol. The van der Waals surface area contributed by atoms with E-state index in [4.69, 9.17) is 16.3 Å². The minimum atomic E-state index is -0.119. The van der Waals surface area contributed by atoms with Gasteiger partial charge in [-0.15, -0.1) is 0 Å². The molecule has 0 aromatic carbocycles. The zero-order valence-electron chi connectivity index (χ0n) is 9.96. The van der Waals surface area contributed by atoms with Gasteiger partial charge in [0.25, 0.3) is 0 Å². The van der Waals surface area contributed by atoms with Crippen molar-refractivity contribution < 1.29 is 4.74 Å². The van der Waals surface area contributed by atoms with E-state index in [1.165, 1.54) is 6.42 Å². The molecule has 1 saturated carbocycles. The molecule has 0 bridgehead atoms. The third-order valence-electron chi connectivity index (χ3n) is 3.63. The summed E-state index contributed by atoms with van der Waals surface area (Å²) in [6.07, 6.45) is 5.03. The second-order valence-corrected chi connectivity index (χ2v) is 4.75. The smallest absolute Gasteiger partial charge is 0.0888 e. The Hall–Kier alpha value is -0.580. The molecule has 0 radical (unpaired) electrons. The van der Waals surface area contributed by atoms with Crippen molar-refractivity contribution in [2.24, 2.45) is 7.05 Å². The summed E-state index contributed by atoms with van der Waals surface area (Å²) in [7, 11) is 5.62. The predicted octanol–water partition coefficient (Wildman–Crippen LogP) is 1.90. The lowest BCUT2D eigenvalue weighted by Crippen LogP contribution is -2.50. The quantitative estimate of drug-likeness (QED) is 0.878. The highest BCUT2D eigenvalue weighted by atomic mass is 35.5. The van der Waals surface area contributed by atoms with E-state index in [2.05, 4.69) is 10.4 Å². The molecule has 1 aromatic rings. The molecule has 4 nitrogen and oxygen atoms in total. The third kappa shape index (κ3) is 1.65. The summed E-state index contributed by atoms with van der Waals surface area (Å²) in [6, 6.07) is 0.103. The third-order valence-corrected chi connectivity index (χ3v) is 3.92. The number of aromatic nitrogens is 2. The molecule has 1 unspecified atom stereocenters. The van der Waals surface area contributed by atoms with Gasteiger partial charge in [0.05, 0.1) is 28.6 Å². The van der Waals surface area contributed by atoms with Gasteiger partial charge in [-0.3, -0.25) is 4.68 Å². The summed E-state index contributed by atoms with van der Waals surface area (Å²) in [5.74, 6) is 0. The zero-order valence-corrected chi connectivity index (χ0v) is 10.7. The molecular formula is C11H18ClN3O. The average Bonchev–Trinajstić information content (AvgIpc) is 2.53.